The standard InChI is InChI=1S/C32H25BrN4O6S.K.H/c1-3-22-15-25-29(39)36(17-27(38)18-10-12-21(42-2)13-11-18)32(41)37(30(25)44-22)16-20-9-8-19(14-26(20)33)23-6-4-5-7-24(23)28-34-31(40)43-35-28;;/h4-15H,3,16-17H2,1-2H3,(H,34,35,40);;. The molecule has 0 spiro atoms. The van der Waals surface area contributed by atoms with Crippen LogP contribution in [0, 0.1) is 0 Å². The predicted molar refractivity (Wildman–Crippen MR) is 179 cm³/mol. The van der Waals surface area contributed by atoms with Crippen molar-refractivity contribution in [1.29, 1.82) is 0 Å². The molecule has 0 aliphatic heterocycles. The molecule has 6 rings (SSSR count). The van der Waals surface area contributed by atoms with Crippen LogP contribution in [0.3, 0.4) is 0 Å². The summed E-state index contributed by atoms with van der Waals surface area (Å²) in [7, 11) is 1.53. The van der Waals surface area contributed by atoms with Gasteiger partial charge >= 0.3 is 62.8 Å². The van der Waals surface area contributed by atoms with Crippen LogP contribution in [0.4, 0.5) is 0 Å². The molecule has 3 aromatic carbocycles. The van der Waals surface area contributed by atoms with Crippen LogP contribution in [0.1, 0.15) is 27.7 Å². The molecule has 3 heterocycles. The van der Waals surface area contributed by atoms with Crippen LogP contribution in [0.25, 0.3) is 32.7 Å². The van der Waals surface area contributed by atoms with Gasteiger partial charge in [0.1, 0.15) is 10.6 Å². The molecule has 13 heteroatoms. The third-order valence-corrected chi connectivity index (χ3v) is 9.36. The van der Waals surface area contributed by atoms with Crippen molar-refractivity contribution >= 4 is 94.7 Å². The Balaban J connectivity index is 0.00000400. The number of ether oxygens (including phenoxy) is 1. The summed E-state index contributed by atoms with van der Waals surface area (Å²) in [6, 6.07) is 21.5. The zero-order chi connectivity index (χ0) is 31.0. The Morgan fingerprint density at radius 3 is 2.38 bits per heavy atom. The molecule has 0 bridgehead atoms. The van der Waals surface area contributed by atoms with E-state index >= 15 is 0 Å². The van der Waals surface area contributed by atoms with Crippen LogP contribution in [0.5, 0.6) is 5.75 Å². The number of hydrogen-bond acceptors (Lipinski definition) is 8. The van der Waals surface area contributed by atoms with E-state index in [1.807, 2.05) is 49.4 Å². The molecule has 3 aromatic heterocycles. The van der Waals surface area contributed by atoms with Gasteiger partial charge in [-0.25, -0.2) is 9.59 Å². The number of nitrogens with one attached hydrogen (secondary N) is 1. The molecule has 0 fully saturated rings. The van der Waals surface area contributed by atoms with E-state index in [9.17, 15) is 19.2 Å². The fourth-order valence-corrected chi connectivity index (χ4v) is 6.60. The maximum absolute atomic E-state index is 13.9. The Morgan fingerprint density at radius 2 is 1.73 bits per heavy atom. The van der Waals surface area contributed by atoms with Gasteiger partial charge < -0.3 is 4.74 Å². The second kappa shape index (κ2) is 14.1. The first-order valence-corrected chi connectivity index (χ1v) is 15.3. The summed E-state index contributed by atoms with van der Waals surface area (Å²) >= 11 is 5.07. The Bertz CT molecular complexity index is 2210. The summed E-state index contributed by atoms with van der Waals surface area (Å²) in [6.07, 6.45) is 0.701. The van der Waals surface area contributed by atoms with Crippen molar-refractivity contribution in [2.75, 3.05) is 7.11 Å². The van der Waals surface area contributed by atoms with Crippen molar-refractivity contribution in [2.24, 2.45) is 0 Å². The molecule has 0 atom stereocenters. The van der Waals surface area contributed by atoms with Gasteiger partial charge in [0.05, 0.1) is 25.6 Å². The van der Waals surface area contributed by atoms with Gasteiger partial charge in [0.2, 0.25) is 0 Å². The van der Waals surface area contributed by atoms with Crippen molar-refractivity contribution < 1.29 is 14.1 Å². The normalized spacial score (nSPS) is 11.0. The summed E-state index contributed by atoms with van der Waals surface area (Å²) in [6.45, 7) is 1.76. The number of halogens is 1. The molecule has 0 aliphatic rings. The summed E-state index contributed by atoms with van der Waals surface area (Å²) in [4.78, 5) is 56.2. The molecular formula is C32H26BrKN4O6S. The van der Waals surface area contributed by atoms with E-state index in [-0.39, 0.29) is 63.7 Å². The third kappa shape index (κ3) is 6.70. The minimum atomic E-state index is -0.644. The van der Waals surface area contributed by atoms with Gasteiger partial charge in [0.15, 0.2) is 11.6 Å². The number of benzene rings is 3. The molecule has 0 unspecified atom stereocenters. The van der Waals surface area contributed by atoms with E-state index in [2.05, 4.69) is 26.1 Å². The maximum atomic E-state index is 13.9. The number of carbonyl (C=O) groups is 1. The van der Waals surface area contributed by atoms with Gasteiger partial charge in [-0.05, 0) is 59.5 Å². The van der Waals surface area contributed by atoms with E-state index in [4.69, 9.17) is 9.26 Å². The van der Waals surface area contributed by atoms with Gasteiger partial charge in [-0.2, -0.15) is 0 Å². The van der Waals surface area contributed by atoms with Crippen LogP contribution < -0.4 is 21.7 Å². The quantitative estimate of drug-likeness (QED) is 0.168. The number of methoxy groups -OCH3 is 1. The Morgan fingerprint density at radius 1 is 1.00 bits per heavy atom. The van der Waals surface area contributed by atoms with Crippen LogP contribution in [-0.2, 0) is 19.5 Å². The number of aromatic amines is 1. The fraction of sp³-hybridized carbons (Fsp3) is 0.156. The SMILES string of the molecule is CCc1cc2c(=O)n(CC(=O)c3ccc(OC)cc3)c(=O)n(Cc3ccc(-c4ccccc4-c4noc(=O)[nH]4)cc3Br)c2s1.[KH]. The van der Waals surface area contributed by atoms with E-state index in [0.29, 0.717) is 39.3 Å². The molecule has 0 radical (unpaired) electrons. The number of thiophene rings is 1. The molecule has 6 aromatic rings. The molecule has 45 heavy (non-hydrogen) atoms. The van der Waals surface area contributed by atoms with Crippen molar-refractivity contribution in [3.8, 4) is 28.3 Å². The Kier molecular flexibility index (Phi) is 10.4. The average Bonchev–Trinajstić information content (AvgIpc) is 3.68. The monoisotopic (exact) mass is 712 g/mol. The van der Waals surface area contributed by atoms with Crippen molar-refractivity contribution in [3.63, 3.8) is 0 Å². The molecule has 0 aliphatic carbocycles. The second-order valence-corrected chi connectivity index (χ2v) is 12.0. The van der Waals surface area contributed by atoms with Gasteiger partial charge in [-0.3, -0.25) is 28.2 Å². The molecule has 0 saturated carbocycles. The number of fused-ring (bicyclic) bond motifs is 1. The number of H-pyrrole nitrogens is 1. The zero-order valence-corrected chi connectivity index (χ0v) is 26.0. The fourth-order valence-electron chi connectivity index (χ4n) is 5.02. The topological polar surface area (TPSA) is 129 Å². The number of aromatic nitrogens is 4. The third-order valence-electron chi connectivity index (χ3n) is 7.32. The average molecular weight is 714 g/mol. The first-order chi connectivity index (χ1) is 21.3. The van der Waals surface area contributed by atoms with E-state index in [0.717, 1.165) is 30.6 Å². The summed E-state index contributed by atoms with van der Waals surface area (Å²) in [5.41, 5.74) is 2.47. The number of ketones is 1. The number of hydrogen-bond donors (Lipinski definition) is 1. The summed E-state index contributed by atoms with van der Waals surface area (Å²) < 4.78 is 13.2. The van der Waals surface area contributed by atoms with Gasteiger partial charge in [-0.1, -0.05) is 64.4 Å². The van der Waals surface area contributed by atoms with E-state index in [1.165, 1.54) is 18.4 Å². The first-order valence-electron chi connectivity index (χ1n) is 13.6. The Hall–Kier alpha value is -3.17. The molecular weight excluding hydrogens is 687 g/mol. The first kappa shape index (κ1) is 33.2. The Labute approximate surface area is 311 Å². The summed E-state index contributed by atoms with van der Waals surface area (Å²) in [5, 5.41) is 4.23. The summed E-state index contributed by atoms with van der Waals surface area (Å²) in [5.74, 6) is -0.0899. The van der Waals surface area contributed by atoms with Crippen LogP contribution >= 0.6 is 27.3 Å². The minimum absolute atomic E-state index is 0. The number of rotatable bonds is 9. The number of Topliss-reactive ketones (excluding diaryl/α,β-unsaturated/α-hetero) is 1. The second-order valence-electron chi connectivity index (χ2n) is 9.99. The number of aryl methyl sites for hydroxylation is 1. The van der Waals surface area contributed by atoms with Crippen molar-refractivity contribution in [3.05, 3.63) is 125 Å². The van der Waals surface area contributed by atoms with Gasteiger partial charge in [0.25, 0.3) is 5.56 Å². The number of carbonyl (C=O) groups excluding carboxylic acids is 1. The molecule has 0 saturated heterocycles. The zero-order valence-electron chi connectivity index (χ0n) is 23.6. The molecule has 0 amide bonds. The van der Waals surface area contributed by atoms with Gasteiger partial charge in [-0.15, -0.1) is 11.3 Å². The predicted octanol–water partition coefficient (Wildman–Crippen LogP) is 4.85. The van der Waals surface area contributed by atoms with E-state index < -0.39 is 23.5 Å². The van der Waals surface area contributed by atoms with Crippen molar-refractivity contribution in [1.82, 2.24) is 19.3 Å². The van der Waals surface area contributed by atoms with E-state index in [1.54, 1.807) is 34.9 Å². The molecule has 10 nitrogen and oxygen atoms in total. The molecule has 1 N–H and O–H groups in total. The number of nitrogens with zero attached hydrogens (tertiary/aromatic N) is 3. The van der Waals surface area contributed by atoms with Crippen LogP contribution in [0.2, 0.25) is 0 Å². The van der Waals surface area contributed by atoms with Crippen LogP contribution in [0.15, 0.2) is 96.2 Å². The van der Waals surface area contributed by atoms with Crippen molar-refractivity contribution in [2.45, 2.75) is 26.4 Å². The molecule has 224 valence electrons. The van der Waals surface area contributed by atoms with Crippen LogP contribution in [-0.4, -0.2) is 83.6 Å². The van der Waals surface area contributed by atoms with Gasteiger partial charge in [0, 0.05) is 20.5 Å².